The lowest BCUT2D eigenvalue weighted by Gasteiger charge is -2.21. The van der Waals surface area contributed by atoms with Crippen molar-refractivity contribution < 1.29 is 9.59 Å². The van der Waals surface area contributed by atoms with Crippen molar-refractivity contribution in [2.45, 2.75) is 0 Å². The topological polar surface area (TPSA) is 34.1 Å². The van der Waals surface area contributed by atoms with E-state index in [-0.39, 0.29) is 0 Å². The molecule has 0 fully saturated rings. The third kappa shape index (κ3) is 2.76. The third-order valence-corrected chi connectivity index (χ3v) is 5.69. The molecule has 0 N–H and O–H groups in total. The summed E-state index contributed by atoms with van der Waals surface area (Å²) in [6.45, 7) is 0. The van der Waals surface area contributed by atoms with E-state index in [9.17, 15) is 9.59 Å². The number of rotatable bonds is 3. The first kappa shape index (κ1) is 13.7. The van der Waals surface area contributed by atoms with Gasteiger partial charge in [-0.1, -0.05) is 66.7 Å². The molecule has 21 heavy (non-hydrogen) atoms. The second-order valence-electron chi connectivity index (χ2n) is 4.61. The van der Waals surface area contributed by atoms with Gasteiger partial charge in [-0.25, -0.2) is 0 Å². The second kappa shape index (κ2) is 5.99. The summed E-state index contributed by atoms with van der Waals surface area (Å²) in [6.07, 6.45) is 4.77. The summed E-state index contributed by atoms with van der Waals surface area (Å²) in [5, 5.41) is 2.73. The first-order chi connectivity index (χ1) is 10.3. The van der Waals surface area contributed by atoms with Crippen LogP contribution in [0.4, 0.5) is 0 Å². The van der Waals surface area contributed by atoms with Gasteiger partial charge in [0.2, 0.25) is 11.6 Å². The molecule has 0 heterocycles. The smallest absolute Gasteiger partial charge is 0.233 e. The van der Waals surface area contributed by atoms with E-state index in [2.05, 4.69) is 0 Å². The number of benzene rings is 2. The predicted octanol–water partition coefficient (Wildman–Crippen LogP) is 2.71. The molecule has 0 saturated carbocycles. The molecular weight excluding hydrogens is 279 g/mol. The minimum atomic E-state index is -0.996. The minimum absolute atomic E-state index is 0.392. The Morgan fingerprint density at radius 2 is 1.24 bits per heavy atom. The van der Waals surface area contributed by atoms with Crippen molar-refractivity contribution >= 4 is 30.1 Å². The Balaban J connectivity index is 2.14. The van der Waals surface area contributed by atoms with Gasteiger partial charge in [-0.05, 0) is 30.7 Å². The van der Waals surface area contributed by atoms with Crippen molar-refractivity contribution in [1.82, 2.24) is 0 Å². The molecule has 0 radical (unpaired) electrons. The zero-order chi connectivity index (χ0) is 14.7. The van der Waals surface area contributed by atoms with Crippen LogP contribution in [-0.4, -0.2) is 11.6 Å². The lowest BCUT2D eigenvalue weighted by molar-refractivity contribution is -0.131. The van der Waals surface area contributed by atoms with E-state index in [4.69, 9.17) is 0 Å². The lowest BCUT2D eigenvalue weighted by atomic mass is 10.1. The van der Waals surface area contributed by atoms with Crippen LogP contribution in [0, 0.1) is 0 Å². The Bertz CT molecular complexity index is 691. The molecule has 1 aliphatic rings. The molecule has 0 saturated heterocycles. The number of carbonyl (C=O) groups is 2. The molecule has 3 heteroatoms. The summed E-state index contributed by atoms with van der Waals surface area (Å²) in [7, 11) is -0.996. The normalized spacial score (nSPS) is 14.4. The highest BCUT2D eigenvalue weighted by atomic mass is 31.1. The Morgan fingerprint density at radius 3 is 1.76 bits per heavy atom. The van der Waals surface area contributed by atoms with Crippen molar-refractivity contribution in [1.29, 1.82) is 0 Å². The lowest BCUT2D eigenvalue weighted by Crippen LogP contribution is -2.22. The molecular formula is C18H13O2P. The van der Waals surface area contributed by atoms with Gasteiger partial charge in [-0.2, -0.15) is 0 Å². The Hall–Kier alpha value is -2.31. The molecule has 102 valence electrons. The van der Waals surface area contributed by atoms with Gasteiger partial charge in [0.25, 0.3) is 0 Å². The van der Waals surface area contributed by atoms with E-state index >= 15 is 0 Å². The van der Waals surface area contributed by atoms with Crippen molar-refractivity contribution in [2.24, 2.45) is 0 Å². The number of allylic oxidation sites excluding steroid dienone is 4. The van der Waals surface area contributed by atoms with Crippen molar-refractivity contribution in [3.05, 3.63) is 84.2 Å². The van der Waals surface area contributed by atoms with Gasteiger partial charge in [0.1, 0.15) is 0 Å². The maximum atomic E-state index is 12.3. The van der Waals surface area contributed by atoms with Gasteiger partial charge < -0.3 is 0 Å². The molecule has 2 aromatic carbocycles. The van der Waals surface area contributed by atoms with E-state index in [0.29, 0.717) is 5.31 Å². The first-order valence-electron chi connectivity index (χ1n) is 6.64. The number of ketones is 2. The van der Waals surface area contributed by atoms with Gasteiger partial charge in [-0.3, -0.25) is 9.59 Å². The fourth-order valence-electron chi connectivity index (χ4n) is 2.26. The Morgan fingerprint density at radius 1 is 0.714 bits per heavy atom. The average molecular weight is 292 g/mol. The fourth-order valence-corrected chi connectivity index (χ4v) is 4.61. The highest BCUT2D eigenvalue weighted by Gasteiger charge is 2.28. The molecule has 0 aromatic heterocycles. The number of hydrogen-bond donors (Lipinski definition) is 0. The summed E-state index contributed by atoms with van der Waals surface area (Å²) in [5.74, 6) is -0.830. The maximum Gasteiger partial charge on any atom is 0.233 e. The highest BCUT2D eigenvalue weighted by Crippen LogP contribution is 2.44. The van der Waals surface area contributed by atoms with Gasteiger partial charge in [-0.15, -0.1) is 0 Å². The minimum Gasteiger partial charge on any atom is -0.286 e. The Labute approximate surface area is 124 Å². The quantitative estimate of drug-likeness (QED) is 0.495. The zero-order valence-corrected chi connectivity index (χ0v) is 12.2. The van der Waals surface area contributed by atoms with Crippen LogP contribution in [-0.2, 0) is 9.59 Å². The van der Waals surface area contributed by atoms with Gasteiger partial charge >= 0.3 is 0 Å². The van der Waals surface area contributed by atoms with Crippen LogP contribution in [0.15, 0.2) is 84.2 Å². The first-order valence-corrected chi connectivity index (χ1v) is 7.99. The van der Waals surface area contributed by atoms with Crippen LogP contribution in [0.3, 0.4) is 0 Å². The van der Waals surface area contributed by atoms with E-state index in [0.717, 1.165) is 10.6 Å². The molecule has 3 rings (SSSR count). The van der Waals surface area contributed by atoms with Crippen LogP contribution in [0.2, 0.25) is 0 Å². The number of Topliss-reactive ketones (excluding diaryl/α,β-unsaturated/α-hetero) is 1. The molecule has 0 bridgehead atoms. The summed E-state index contributed by atoms with van der Waals surface area (Å²) in [6, 6.07) is 19.8. The van der Waals surface area contributed by atoms with Gasteiger partial charge in [0.15, 0.2) is 0 Å². The SMILES string of the molecule is O=C1C=CC=C(P(c2ccccc2)c2ccccc2)C1=O. The predicted molar refractivity (Wildman–Crippen MR) is 86.3 cm³/mol. The van der Waals surface area contributed by atoms with E-state index in [1.54, 1.807) is 12.2 Å². The summed E-state index contributed by atoms with van der Waals surface area (Å²) in [4.78, 5) is 24.0. The van der Waals surface area contributed by atoms with Crippen molar-refractivity contribution in [2.75, 3.05) is 0 Å². The van der Waals surface area contributed by atoms with Crippen LogP contribution in [0.1, 0.15) is 0 Å². The van der Waals surface area contributed by atoms with Crippen LogP contribution >= 0.6 is 7.92 Å². The fraction of sp³-hybridized carbons (Fsp3) is 0. The molecule has 2 nitrogen and oxygen atoms in total. The summed E-state index contributed by atoms with van der Waals surface area (Å²) in [5.41, 5.74) is 0. The molecule has 0 atom stereocenters. The number of carbonyl (C=O) groups excluding carboxylic acids is 2. The maximum absolute atomic E-state index is 12.3. The third-order valence-electron chi connectivity index (χ3n) is 3.23. The monoisotopic (exact) mass is 292 g/mol. The second-order valence-corrected chi connectivity index (χ2v) is 6.80. The zero-order valence-electron chi connectivity index (χ0n) is 11.3. The molecule has 0 amide bonds. The molecule has 0 spiro atoms. The highest BCUT2D eigenvalue weighted by molar-refractivity contribution is 7.78. The van der Waals surface area contributed by atoms with Gasteiger partial charge in [0.05, 0.1) is 0 Å². The van der Waals surface area contributed by atoms with E-state index < -0.39 is 19.5 Å². The Kier molecular flexibility index (Phi) is 3.89. The van der Waals surface area contributed by atoms with E-state index in [1.165, 1.54) is 6.08 Å². The standard InChI is InChI=1S/C18H13O2P/c19-16-12-7-13-17(18(16)20)21(14-8-3-1-4-9-14)15-10-5-2-6-11-15/h1-13H. The van der Waals surface area contributed by atoms with Crippen LogP contribution in [0.5, 0.6) is 0 Å². The molecule has 0 unspecified atom stereocenters. The summed E-state index contributed by atoms with van der Waals surface area (Å²) < 4.78 is 0. The largest absolute Gasteiger partial charge is 0.286 e. The van der Waals surface area contributed by atoms with E-state index in [1.807, 2.05) is 60.7 Å². The van der Waals surface area contributed by atoms with Crippen LogP contribution in [0.25, 0.3) is 0 Å². The van der Waals surface area contributed by atoms with Crippen molar-refractivity contribution in [3.8, 4) is 0 Å². The molecule has 0 aliphatic heterocycles. The van der Waals surface area contributed by atoms with Gasteiger partial charge in [0, 0.05) is 5.31 Å². The molecule has 2 aromatic rings. The van der Waals surface area contributed by atoms with Crippen LogP contribution < -0.4 is 10.6 Å². The summed E-state index contributed by atoms with van der Waals surface area (Å²) >= 11 is 0. The van der Waals surface area contributed by atoms with Crippen molar-refractivity contribution in [3.63, 3.8) is 0 Å². The molecule has 1 aliphatic carbocycles. The average Bonchev–Trinajstić information content (AvgIpc) is 2.54. The number of hydrogen-bond acceptors (Lipinski definition) is 2.